The summed E-state index contributed by atoms with van der Waals surface area (Å²) < 4.78 is 0. The van der Waals surface area contributed by atoms with E-state index in [1.54, 1.807) is 0 Å². The SMILES string of the molecule is CC(C)N(CC1CCCN1)C(=O)CC1=CCCCC1. The Labute approximate surface area is 117 Å². The summed E-state index contributed by atoms with van der Waals surface area (Å²) in [5, 5.41) is 3.49. The molecule has 3 heteroatoms. The molecule has 0 aromatic heterocycles. The predicted molar refractivity (Wildman–Crippen MR) is 79.0 cm³/mol. The Bertz CT molecular complexity index is 330. The standard InChI is InChI=1S/C16H28N2O/c1-13(2)18(12-15-9-6-10-17-15)16(19)11-14-7-4-3-5-8-14/h7,13,15,17H,3-6,8-12H2,1-2H3. The van der Waals surface area contributed by atoms with Crippen molar-refractivity contribution >= 4 is 5.91 Å². The zero-order chi connectivity index (χ0) is 13.7. The maximum atomic E-state index is 12.5. The Morgan fingerprint density at radius 3 is 2.84 bits per heavy atom. The molecule has 1 atom stereocenters. The minimum absolute atomic E-state index is 0.305. The summed E-state index contributed by atoms with van der Waals surface area (Å²) in [6.07, 6.45) is 10.2. The first-order chi connectivity index (χ1) is 9.16. The Morgan fingerprint density at radius 2 is 2.26 bits per heavy atom. The van der Waals surface area contributed by atoms with Gasteiger partial charge in [0.05, 0.1) is 0 Å². The van der Waals surface area contributed by atoms with E-state index in [4.69, 9.17) is 0 Å². The maximum absolute atomic E-state index is 12.5. The lowest BCUT2D eigenvalue weighted by molar-refractivity contribution is -0.132. The van der Waals surface area contributed by atoms with Crippen molar-refractivity contribution in [2.75, 3.05) is 13.1 Å². The zero-order valence-electron chi connectivity index (χ0n) is 12.5. The predicted octanol–water partition coefficient (Wildman–Crippen LogP) is 2.87. The second kappa shape index (κ2) is 7.09. The van der Waals surface area contributed by atoms with Crippen molar-refractivity contribution in [3.8, 4) is 0 Å². The molecule has 1 aliphatic heterocycles. The number of rotatable bonds is 5. The monoisotopic (exact) mass is 264 g/mol. The van der Waals surface area contributed by atoms with Crippen molar-refractivity contribution in [3.05, 3.63) is 11.6 Å². The molecular formula is C16H28N2O. The van der Waals surface area contributed by atoms with Gasteiger partial charge in [-0.05, 0) is 58.9 Å². The normalized spacial score (nSPS) is 23.5. The zero-order valence-corrected chi connectivity index (χ0v) is 12.5. The van der Waals surface area contributed by atoms with Crippen molar-refractivity contribution in [2.24, 2.45) is 0 Å². The number of carbonyl (C=O) groups is 1. The first-order valence-corrected chi connectivity index (χ1v) is 7.87. The van der Waals surface area contributed by atoms with Gasteiger partial charge in [0.2, 0.25) is 5.91 Å². The molecule has 1 fully saturated rings. The van der Waals surface area contributed by atoms with Gasteiger partial charge < -0.3 is 10.2 Å². The summed E-state index contributed by atoms with van der Waals surface area (Å²) in [6.45, 7) is 6.24. The van der Waals surface area contributed by atoms with Crippen LogP contribution in [0, 0.1) is 0 Å². The number of allylic oxidation sites excluding steroid dienone is 1. The quantitative estimate of drug-likeness (QED) is 0.774. The van der Waals surface area contributed by atoms with Gasteiger partial charge >= 0.3 is 0 Å². The number of amides is 1. The molecule has 0 aromatic carbocycles. The average molecular weight is 264 g/mol. The summed E-state index contributed by atoms with van der Waals surface area (Å²) in [4.78, 5) is 14.6. The van der Waals surface area contributed by atoms with Gasteiger partial charge in [-0.2, -0.15) is 0 Å². The van der Waals surface area contributed by atoms with E-state index < -0.39 is 0 Å². The van der Waals surface area contributed by atoms with Crippen LogP contribution < -0.4 is 5.32 Å². The fourth-order valence-corrected chi connectivity index (χ4v) is 3.11. The molecule has 2 aliphatic rings. The van der Waals surface area contributed by atoms with Gasteiger partial charge in [-0.25, -0.2) is 0 Å². The van der Waals surface area contributed by atoms with Crippen LogP contribution in [0.25, 0.3) is 0 Å². The third kappa shape index (κ3) is 4.34. The Kier molecular flexibility index (Phi) is 5.44. The van der Waals surface area contributed by atoms with E-state index in [-0.39, 0.29) is 0 Å². The molecule has 1 saturated heterocycles. The van der Waals surface area contributed by atoms with E-state index >= 15 is 0 Å². The van der Waals surface area contributed by atoms with Crippen LogP contribution in [0.2, 0.25) is 0 Å². The first kappa shape index (κ1) is 14.6. The van der Waals surface area contributed by atoms with Crippen molar-refractivity contribution in [1.82, 2.24) is 10.2 Å². The summed E-state index contributed by atoms with van der Waals surface area (Å²) in [7, 11) is 0. The highest BCUT2D eigenvalue weighted by atomic mass is 16.2. The number of nitrogens with zero attached hydrogens (tertiary/aromatic N) is 1. The molecule has 19 heavy (non-hydrogen) atoms. The summed E-state index contributed by atoms with van der Waals surface area (Å²) in [5.74, 6) is 0.317. The van der Waals surface area contributed by atoms with Gasteiger partial charge in [-0.1, -0.05) is 11.6 Å². The Hall–Kier alpha value is -0.830. The van der Waals surface area contributed by atoms with Crippen molar-refractivity contribution in [1.29, 1.82) is 0 Å². The number of hydrogen-bond acceptors (Lipinski definition) is 2. The van der Waals surface area contributed by atoms with Crippen LogP contribution in [0.5, 0.6) is 0 Å². The highest BCUT2D eigenvalue weighted by Gasteiger charge is 2.24. The molecule has 108 valence electrons. The van der Waals surface area contributed by atoms with E-state index in [2.05, 4.69) is 30.1 Å². The molecule has 1 heterocycles. The van der Waals surface area contributed by atoms with Gasteiger partial charge in [0.1, 0.15) is 0 Å². The molecule has 1 unspecified atom stereocenters. The number of carbonyl (C=O) groups excluding carboxylic acids is 1. The fraction of sp³-hybridized carbons (Fsp3) is 0.812. The topological polar surface area (TPSA) is 32.3 Å². The number of nitrogens with one attached hydrogen (secondary N) is 1. The van der Waals surface area contributed by atoms with E-state index in [1.165, 1.54) is 31.3 Å². The molecule has 0 bridgehead atoms. The third-order valence-electron chi connectivity index (χ3n) is 4.29. The molecule has 1 aliphatic carbocycles. The molecular weight excluding hydrogens is 236 g/mol. The van der Waals surface area contributed by atoms with Crippen molar-refractivity contribution < 1.29 is 4.79 Å². The lowest BCUT2D eigenvalue weighted by Gasteiger charge is -2.30. The maximum Gasteiger partial charge on any atom is 0.226 e. The second-order valence-corrected chi connectivity index (χ2v) is 6.22. The molecule has 3 nitrogen and oxygen atoms in total. The van der Waals surface area contributed by atoms with Crippen LogP contribution in [0.4, 0.5) is 0 Å². The number of hydrogen-bond donors (Lipinski definition) is 1. The Morgan fingerprint density at radius 1 is 1.42 bits per heavy atom. The minimum Gasteiger partial charge on any atom is -0.338 e. The average Bonchev–Trinajstić information content (AvgIpc) is 2.89. The highest BCUT2D eigenvalue weighted by Crippen LogP contribution is 2.21. The van der Waals surface area contributed by atoms with Crippen LogP contribution in [0.15, 0.2) is 11.6 Å². The molecule has 2 rings (SSSR count). The van der Waals surface area contributed by atoms with Crippen LogP contribution >= 0.6 is 0 Å². The lowest BCUT2D eigenvalue weighted by Crippen LogP contribution is -2.44. The first-order valence-electron chi connectivity index (χ1n) is 7.87. The van der Waals surface area contributed by atoms with E-state index in [0.29, 0.717) is 24.4 Å². The van der Waals surface area contributed by atoms with Crippen LogP contribution in [-0.4, -0.2) is 36.0 Å². The summed E-state index contributed by atoms with van der Waals surface area (Å²) >= 11 is 0. The molecule has 1 amide bonds. The molecule has 0 spiro atoms. The third-order valence-corrected chi connectivity index (χ3v) is 4.29. The molecule has 1 N–H and O–H groups in total. The van der Waals surface area contributed by atoms with Gasteiger partial charge in [0, 0.05) is 25.0 Å². The highest BCUT2D eigenvalue weighted by molar-refractivity contribution is 5.79. The summed E-state index contributed by atoms with van der Waals surface area (Å²) in [5.41, 5.74) is 1.36. The molecule has 0 radical (unpaired) electrons. The largest absolute Gasteiger partial charge is 0.338 e. The molecule has 0 saturated carbocycles. The van der Waals surface area contributed by atoms with E-state index in [0.717, 1.165) is 25.9 Å². The molecule has 0 aromatic rings. The second-order valence-electron chi connectivity index (χ2n) is 6.22. The van der Waals surface area contributed by atoms with Crippen LogP contribution in [-0.2, 0) is 4.79 Å². The van der Waals surface area contributed by atoms with Crippen molar-refractivity contribution in [2.45, 2.75) is 70.9 Å². The van der Waals surface area contributed by atoms with Gasteiger partial charge in [-0.3, -0.25) is 4.79 Å². The Balaban J connectivity index is 1.89. The van der Waals surface area contributed by atoms with Gasteiger partial charge in [-0.15, -0.1) is 0 Å². The van der Waals surface area contributed by atoms with Gasteiger partial charge in [0.15, 0.2) is 0 Å². The lowest BCUT2D eigenvalue weighted by atomic mass is 9.96. The van der Waals surface area contributed by atoms with E-state index in [1.807, 2.05) is 0 Å². The van der Waals surface area contributed by atoms with Crippen LogP contribution in [0.1, 0.15) is 58.8 Å². The fourth-order valence-electron chi connectivity index (χ4n) is 3.11. The smallest absolute Gasteiger partial charge is 0.226 e. The van der Waals surface area contributed by atoms with E-state index in [9.17, 15) is 4.79 Å². The van der Waals surface area contributed by atoms with Gasteiger partial charge in [0.25, 0.3) is 0 Å². The van der Waals surface area contributed by atoms with Crippen LogP contribution in [0.3, 0.4) is 0 Å². The minimum atomic E-state index is 0.305. The van der Waals surface area contributed by atoms with Crippen molar-refractivity contribution in [3.63, 3.8) is 0 Å². The summed E-state index contributed by atoms with van der Waals surface area (Å²) in [6, 6.07) is 0.811.